The van der Waals surface area contributed by atoms with Crippen LogP contribution in [0.15, 0.2) is 60.7 Å². The Kier molecular flexibility index (Phi) is 8.13. The van der Waals surface area contributed by atoms with E-state index >= 15 is 0 Å². The lowest BCUT2D eigenvalue weighted by molar-refractivity contribution is -0.143. The molecule has 1 aliphatic heterocycles. The van der Waals surface area contributed by atoms with Crippen LogP contribution < -0.4 is 0 Å². The number of aliphatic hydroxyl groups is 1. The number of Topliss-reactive ketones (excluding diaryl/α,β-unsaturated/α-hetero) is 1. The molecule has 1 aliphatic rings. The number of rotatable bonds is 9. The molecule has 0 saturated heterocycles. The standard InChI is InChI=1S/C32H37NO4/c1-5-22-12-14-23(15-13-22)29-27(17-16-25(34)20-26(35)21-28(36)37-4)31-32(2,3)18-9-19-33(31)30(29)24-10-7-6-8-11-24/h6-8,10-17,25,34H,5,9,18-21H2,1-4H3/b17-16+. The molecule has 1 unspecified atom stereocenters. The average molecular weight is 500 g/mol. The van der Waals surface area contributed by atoms with Gasteiger partial charge in [-0.1, -0.05) is 87.5 Å². The van der Waals surface area contributed by atoms with Crippen LogP contribution in [0.3, 0.4) is 0 Å². The Bertz CT molecular complexity index is 1280. The third-order valence-electron chi connectivity index (χ3n) is 7.31. The first kappa shape index (κ1) is 26.6. The lowest BCUT2D eigenvalue weighted by Crippen LogP contribution is -2.28. The van der Waals surface area contributed by atoms with Crippen molar-refractivity contribution in [3.8, 4) is 22.4 Å². The lowest BCUT2D eigenvalue weighted by atomic mass is 9.79. The van der Waals surface area contributed by atoms with Crippen molar-refractivity contribution in [1.82, 2.24) is 4.57 Å². The van der Waals surface area contributed by atoms with Crippen molar-refractivity contribution < 1.29 is 19.4 Å². The summed E-state index contributed by atoms with van der Waals surface area (Å²) in [6.45, 7) is 7.65. The zero-order valence-electron chi connectivity index (χ0n) is 22.3. The molecule has 1 N–H and O–H groups in total. The van der Waals surface area contributed by atoms with Gasteiger partial charge in [-0.3, -0.25) is 9.59 Å². The largest absolute Gasteiger partial charge is 0.469 e. The first-order chi connectivity index (χ1) is 17.7. The molecule has 2 heterocycles. The second kappa shape index (κ2) is 11.3. The fraction of sp³-hybridized carbons (Fsp3) is 0.375. The van der Waals surface area contributed by atoms with Crippen LogP contribution in [0.25, 0.3) is 28.5 Å². The van der Waals surface area contributed by atoms with Crippen LogP contribution in [-0.4, -0.2) is 34.6 Å². The van der Waals surface area contributed by atoms with Gasteiger partial charge in [-0.25, -0.2) is 0 Å². The number of carbonyl (C=O) groups excluding carboxylic acids is 2. The number of aryl methyl sites for hydroxylation is 1. The smallest absolute Gasteiger partial charge is 0.313 e. The van der Waals surface area contributed by atoms with Crippen molar-refractivity contribution in [1.29, 1.82) is 0 Å². The van der Waals surface area contributed by atoms with E-state index in [0.717, 1.165) is 48.1 Å². The molecule has 194 valence electrons. The third kappa shape index (κ3) is 5.78. The first-order valence-electron chi connectivity index (χ1n) is 13.1. The van der Waals surface area contributed by atoms with Crippen molar-refractivity contribution in [2.75, 3.05) is 7.11 Å². The topological polar surface area (TPSA) is 68.5 Å². The molecule has 1 atom stereocenters. The van der Waals surface area contributed by atoms with Gasteiger partial charge in [-0.05, 0) is 36.0 Å². The highest BCUT2D eigenvalue weighted by molar-refractivity contribution is 5.96. The van der Waals surface area contributed by atoms with E-state index in [4.69, 9.17) is 0 Å². The number of esters is 1. The maximum Gasteiger partial charge on any atom is 0.313 e. The van der Waals surface area contributed by atoms with Gasteiger partial charge in [0.1, 0.15) is 12.2 Å². The van der Waals surface area contributed by atoms with Gasteiger partial charge in [-0.2, -0.15) is 0 Å². The van der Waals surface area contributed by atoms with Crippen LogP contribution >= 0.6 is 0 Å². The third-order valence-corrected chi connectivity index (χ3v) is 7.31. The van der Waals surface area contributed by atoms with E-state index in [1.807, 2.05) is 12.1 Å². The summed E-state index contributed by atoms with van der Waals surface area (Å²) >= 11 is 0. The minimum atomic E-state index is -0.991. The molecule has 0 spiro atoms. The lowest BCUT2D eigenvalue weighted by Gasteiger charge is -2.33. The van der Waals surface area contributed by atoms with E-state index < -0.39 is 12.1 Å². The number of methoxy groups -OCH3 is 1. The van der Waals surface area contributed by atoms with Gasteiger partial charge in [0.25, 0.3) is 0 Å². The van der Waals surface area contributed by atoms with Crippen molar-refractivity contribution >= 4 is 17.8 Å². The molecular formula is C32H37NO4. The predicted octanol–water partition coefficient (Wildman–Crippen LogP) is 6.35. The molecule has 0 radical (unpaired) electrons. The van der Waals surface area contributed by atoms with E-state index in [0.29, 0.717) is 0 Å². The Morgan fingerprint density at radius 2 is 1.78 bits per heavy atom. The quantitative estimate of drug-likeness (QED) is 0.275. The average Bonchev–Trinajstić information content (AvgIpc) is 3.23. The number of hydrogen-bond donors (Lipinski definition) is 1. The fourth-order valence-corrected chi connectivity index (χ4v) is 5.46. The van der Waals surface area contributed by atoms with Crippen molar-refractivity contribution in [2.24, 2.45) is 0 Å². The summed E-state index contributed by atoms with van der Waals surface area (Å²) in [5, 5.41) is 10.7. The maximum atomic E-state index is 12.2. The molecule has 5 heteroatoms. The molecule has 2 aromatic carbocycles. The maximum absolute atomic E-state index is 12.2. The second-order valence-corrected chi connectivity index (χ2v) is 10.5. The molecule has 0 amide bonds. The van der Waals surface area contributed by atoms with Gasteiger partial charge in [0.15, 0.2) is 0 Å². The molecule has 0 aliphatic carbocycles. The van der Waals surface area contributed by atoms with Crippen LogP contribution in [0.4, 0.5) is 0 Å². The van der Waals surface area contributed by atoms with Crippen molar-refractivity contribution in [2.45, 2.75) is 70.9 Å². The van der Waals surface area contributed by atoms with Crippen LogP contribution in [0, 0.1) is 0 Å². The highest BCUT2D eigenvalue weighted by Gasteiger charge is 2.35. The van der Waals surface area contributed by atoms with Gasteiger partial charge in [0.05, 0.1) is 18.9 Å². The summed E-state index contributed by atoms with van der Waals surface area (Å²) in [6, 6.07) is 19.2. The molecule has 1 aromatic heterocycles. The first-order valence-corrected chi connectivity index (χ1v) is 13.1. The van der Waals surface area contributed by atoms with E-state index in [1.54, 1.807) is 6.08 Å². The van der Waals surface area contributed by atoms with Gasteiger partial charge in [0.2, 0.25) is 0 Å². The molecule has 5 nitrogen and oxygen atoms in total. The minimum absolute atomic E-state index is 0.0608. The Labute approximate surface area is 219 Å². The van der Waals surface area contributed by atoms with Gasteiger partial charge >= 0.3 is 5.97 Å². The van der Waals surface area contributed by atoms with Crippen molar-refractivity contribution in [3.63, 3.8) is 0 Å². The Morgan fingerprint density at radius 1 is 1.08 bits per heavy atom. The number of aliphatic hydroxyl groups excluding tert-OH is 1. The Balaban J connectivity index is 1.87. The van der Waals surface area contributed by atoms with E-state index in [1.165, 1.54) is 24.1 Å². The van der Waals surface area contributed by atoms with Gasteiger partial charge in [-0.15, -0.1) is 0 Å². The SMILES string of the molecule is CCc1ccc(-c2c(/C=C/C(O)CC(=O)CC(=O)OC)c3n(c2-c2ccccc2)CCCC3(C)C)cc1. The van der Waals surface area contributed by atoms with Crippen molar-refractivity contribution in [3.05, 3.63) is 77.5 Å². The minimum Gasteiger partial charge on any atom is -0.469 e. The van der Waals surface area contributed by atoms with E-state index in [9.17, 15) is 14.7 Å². The van der Waals surface area contributed by atoms with E-state index in [-0.39, 0.29) is 24.0 Å². The number of benzene rings is 2. The summed E-state index contributed by atoms with van der Waals surface area (Å²) in [5.74, 6) is -0.932. The van der Waals surface area contributed by atoms with Crippen LogP contribution in [0.5, 0.6) is 0 Å². The van der Waals surface area contributed by atoms with Crippen LogP contribution in [0.2, 0.25) is 0 Å². The second-order valence-electron chi connectivity index (χ2n) is 10.5. The highest BCUT2D eigenvalue weighted by Crippen LogP contribution is 2.47. The summed E-state index contributed by atoms with van der Waals surface area (Å²) in [7, 11) is 1.25. The summed E-state index contributed by atoms with van der Waals surface area (Å²) in [4.78, 5) is 23.7. The molecule has 4 rings (SSSR count). The zero-order chi connectivity index (χ0) is 26.6. The molecule has 0 fully saturated rings. The molecule has 0 bridgehead atoms. The van der Waals surface area contributed by atoms with Crippen LogP contribution in [-0.2, 0) is 32.7 Å². The summed E-state index contributed by atoms with van der Waals surface area (Å²) in [6.07, 6.45) is 5.36. The number of nitrogens with zero attached hydrogens (tertiary/aromatic N) is 1. The monoisotopic (exact) mass is 499 g/mol. The molecule has 37 heavy (non-hydrogen) atoms. The van der Waals surface area contributed by atoms with E-state index in [2.05, 4.69) is 78.6 Å². The van der Waals surface area contributed by atoms with Crippen LogP contribution in [0.1, 0.15) is 63.3 Å². The zero-order valence-corrected chi connectivity index (χ0v) is 22.3. The summed E-state index contributed by atoms with van der Waals surface area (Å²) in [5.41, 5.74) is 8.16. The van der Waals surface area contributed by atoms with Gasteiger partial charge in [0, 0.05) is 35.2 Å². The molecule has 3 aromatic rings. The molecule has 0 saturated carbocycles. The normalized spacial score (nSPS) is 15.4. The number of ether oxygens (including phenoxy) is 1. The number of fused-ring (bicyclic) bond motifs is 1. The predicted molar refractivity (Wildman–Crippen MR) is 148 cm³/mol. The Morgan fingerprint density at radius 3 is 2.43 bits per heavy atom. The summed E-state index contributed by atoms with van der Waals surface area (Å²) < 4.78 is 7.04. The fourth-order valence-electron chi connectivity index (χ4n) is 5.46. The van der Waals surface area contributed by atoms with Gasteiger partial charge < -0.3 is 14.4 Å². The number of carbonyl (C=O) groups is 2. The number of hydrogen-bond acceptors (Lipinski definition) is 4. The highest BCUT2D eigenvalue weighted by atomic mass is 16.5. The molecular weight excluding hydrogens is 462 g/mol. The number of aromatic nitrogens is 1. The number of ketones is 1. The Hall–Kier alpha value is -3.44.